The number of nitrogens with zero attached hydrogens (tertiary/aromatic N) is 3. The van der Waals surface area contributed by atoms with Crippen molar-refractivity contribution in [2.45, 2.75) is 24.9 Å². The number of benzene rings is 2. The Morgan fingerprint density at radius 2 is 1.79 bits per heavy atom. The van der Waals surface area contributed by atoms with Crippen molar-refractivity contribution in [2.75, 3.05) is 11.9 Å². The molecule has 2 fully saturated rings. The predicted molar refractivity (Wildman–Crippen MR) is 105 cm³/mol. The number of hydrogen-bond acceptors (Lipinski definition) is 6. The molecule has 2 aliphatic rings. The second-order valence-electron chi connectivity index (χ2n) is 6.79. The molecule has 2 saturated heterocycles. The van der Waals surface area contributed by atoms with Gasteiger partial charge in [-0.15, -0.1) is 5.10 Å². The van der Waals surface area contributed by atoms with Crippen LogP contribution in [-0.2, 0) is 14.3 Å². The summed E-state index contributed by atoms with van der Waals surface area (Å²) < 4.78 is 15.2. The lowest BCUT2D eigenvalue weighted by atomic mass is 10.0. The Hall–Kier alpha value is -2.81. The van der Waals surface area contributed by atoms with Crippen molar-refractivity contribution < 1.29 is 14.3 Å². The third-order valence-corrected chi connectivity index (χ3v) is 5.34. The van der Waals surface area contributed by atoms with Gasteiger partial charge in [0.05, 0.1) is 18.3 Å². The van der Waals surface area contributed by atoms with E-state index in [9.17, 15) is 4.79 Å². The highest BCUT2D eigenvalue weighted by Crippen LogP contribution is 2.34. The van der Waals surface area contributed by atoms with E-state index < -0.39 is 6.29 Å². The lowest BCUT2D eigenvalue weighted by molar-refractivity contribution is -0.156. The van der Waals surface area contributed by atoms with Gasteiger partial charge < -0.3 is 14.8 Å². The van der Waals surface area contributed by atoms with Crippen LogP contribution in [0.15, 0.2) is 60.7 Å². The van der Waals surface area contributed by atoms with Crippen molar-refractivity contribution in [3.05, 3.63) is 65.4 Å². The Labute approximate surface area is 166 Å². The quantitative estimate of drug-likeness (QED) is 0.684. The van der Waals surface area contributed by atoms with E-state index in [2.05, 4.69) is 5.32 Å². The summed E-state index contributed by atoms with van der Waals surface area (Å²) in [4.78, 5) is 12.3. The van der Waals surface area contributed by atoms with E-state index in [-0.39, 0.29) is 17.9 Å². The molecule has 8 heteroatoms. The number of fused-ring (bicyclic) bond motifs is 2. The molecule has 0 amide bonds. The van der Waals surface area contributed by atoms with E-state index in [1.807, 2.05) is 65.2 Å². The first-order valence-electron chi connectivity index (χ1n) is 9.09. The van der Waals surface area contributed by atoms with Crippen LogP contribution in [0.4, 0.5) is 11.6 Å². The molecule has 5 rings (SSSR count). The molecule has 1 N–H and O–H groups in total. The Morgan fingerprint density at radius 3 is 2.54 bits per heavy atom. The van der Waals surface area contributed by atoms with Crippen molar-refractivity contribution in [3.8, 4) is 5.69 Å². The zero-order chi connectivity index (χ0) is 19.1. The molecule has 0 saturated carbocycles. The van der Waals surface area contributed by atoms with E-state index in [4.69, 9.17) is 26.8 Å². The molecule has 1 aromatic heterocycles. The number of anilines is 2. The molecular weight excluding hydrogens is 376 g/mol. The third kappa shape index (κ3) is 2.95. The van der Waals surface area contributed by atoms with E-state index >= 15 is 0 Å². The Kier molecular flexibility index (Phi) is 4.31. The van der Waals surface area contributed by atoms with Crippen LogP contribution >= 0.6 is 12.2 Å². The Balaban J connectivity index is 1.61. The molecular formula is C20H18N4O3S. The molecule has 0 aliphatic carbocycles. The number of carbonyl (C=O) groups excluding carboxylic acids is 1. The van der Waals surface area contributed by atoms with Gasteiger partial charge in [0.25, 0.3) is 0 Å². The van der Waals surface area contributed by atoms with Crippen LogP contribution in [0.3, 0.4) is 0 Å². The topological polar surface area (TPSA) is 70.3 Å². The summed E-state index contributed by atoms with van der Waals surface area (Å²) in [5.41, 5.74) is 1.79. The third-order valence-electron chi connectivity index (χ3n) is 4.97. The zero-order valence-electron chi connectivity index (χ0n) is 14.9. The summed E-state index contributed by atoms with van der Waals surface area (Å²) in [7, 11) is 0. The Bertz CT molecular complexity index is 1060. The molecule has 2 bridgehead atoms. The van der Waals surface area contributed by atoms with Gasteiger partial charge in [0.2, 0.25) is 17.0 Å². The summed E-state index contributed by atoms with van der Waals surface area (Å²) in [5.74, 6) is 0.503. The van der Waals surface area contributed by atoms with Crippen LogP contribution in [0.25, 0.3) is 5.69 Å². The minimum Gasteiger partial charge on any atom is -0.343 e. The second-order valence-corrected chi connectivity index (χ2v) is 7.16. The molecule has 7 nitrogen and oxygen atoms in total. The van der Waals surface area contributed by atoms with E-state index in [0.717, 1.165) is 11.4 Å². The van der Waals surface area contributed by atoms with E-state index in [1.165, 1.54) is 0 Å². The lowest BCUT2D eigenvalue weighted by Crippen LogP contribution is -2.37. The van der Waals surface area contributed by atoms with Gasteiger partial charge in [-0.25, -0.2) is 4.68 Å². The van der Waals surface area contributed by atoms with Crippen LogP contribution in [0, 0.1) is 4.77 Å². The van der Waals surface area contributed by atoms with Gasteiger partial charge in [0.15, 0.2) is 5.78 Å². The van der Waals surface area contributed by atoms with Crippen LogP contribution in [0.2, 0.25) is 0 Å². The number of carbonyl (C=O) groups is 1. The fourth-order valence-electron chi connectivity index (χ4n) is 3.61. The minimum atomic E-state index is -0.742. The van der Waals surface area contributed by atoms with Crippen molar-refractivity contribution in [3.63, 3.8) is 0 Å². The summed E-state index contributed by atoms with van der Waals surface area (Å²) in [6, 6.07) is 19.3. The highest BCUT2D eigenvalue weighted by atomic mass is 32.1. The molecule has 3 atom stereocenters. The van der Waals surface area contributed by atoms with E-state index in [1.54, 1.807) is 4.68 Å². The van der Waals surface area contributed by atoms with Gasteiger partial charge in [-0.05, 0) is 36.5 Å². The molecule has 0 spiro atoms. The van der Waals surface area contributed by atoms with Crippen LogP contribution in [0.5, 0.6) is 0 Å². The second kappa shape index (κ2) is 6.97. The maximum absolute atomic E-state index is 12.3. The number of hydrogen-bond donors (Lipinski definition) is 1. The van der Waals surface area contributed by atoms with E-state index in [0.29, 0.717) is 23.7 Å². The number of ketones is 1. The molecule has 3 heterocycles. The number of ether oxygens (including phenoxy) is 2. The van der Waals surface area contributed by atoms with Gasteiger partial charge in [0, 0.05) is 12.1 Å². The van der Waals surface area contributed by atoms with Crippen molar-refractivity contribution >= 4 is 29.6 Å². The normalized spacial score (nSPS) is 23.7. The smallest absolute Gasteiger partial charge is 0.232 e. The number of nitrogens with one attached hydrogen (secondary N) is 1. The highest BCUT2D eigenvalue weighted by Gasteiger charge is 2.45. The predicted octanol–water partition coefficient (Wildman–Crippen LogP) is 3.40. The fourth-order valence-corrected chi connectivity index (χ4v) is 3.98. The SMILES string of the molecule is O=C1CC(n2nc(Nc3ccccc3)n(-c3ccccc3)c2=S)C2COC1O2. The van der Waals surface area contributed by atoms with Gasteiger partial charge in [-0.1, -0.05) is 36.4 Å². The molecule has 3 unspecified atom stereocenters. The number of aromatic nitrogens is 3. The number of Topliss-reactive ketones (excluding diaryl/α,β-unsaturated/α-hetero) is 1. The molecule has 28 heavy (non-hydrogen) atoms. The maximum Gasteiger partial charge on any atom is 0.232 e. The summed E-state index contributed by atoms with van der Waals surface area (Å²) >= 11 is 5.76. The molecule has 2 aliphatic heterocycles. The average molecular weight is 394 g/mol. The summed E-state index contributed by atoms with van der Waals surface area (Å²) in [6.45, 7) is 0.364. The molecule has 142 valence electrons. The summed E-state index contributed by atoms with van der Waals surface area (Å²) in [5, 5.41) is 8.07. The molecule has 2 aromatic carbocycles. The van der Waals surface area contributed by atoms with Crippen molar-refractivity contribution in [2.24, 2.45) is 0 Å². The maximum atomic E-state index is 12.3. The average Bonchev–Trinajstić information content (AvgIpc) is 3.29. The van der Waals surface area contributed by atoms with Gasteiger partial charge in [-0.3, -0.25) is 9.36 Å². The lowest BCUT2D eigenvalue weighted by Gasteiger charge is -2.26. The van der Waals surface area contributed by atoms with Gasteiger partial charge >= 0.3 is 0 Å². The zero-order valence-corrected chi connectivity index (χ0v) is 15.7. The monoisotopic (exact) mass is 394 g/mol. The van der Waals surface area contributed by atoms with Crippen LogP contribution < -0.4 is 5.32 Å². The first-order chi connectivity index (χ1) is 13.7. The largest absolute Gasteiger partial charge is 0.343 e. The van der Waals surface area contributed by atoms with Gasteiger partial charge in [0.1, 0.15) is 6.10 Å². The Morgan fingerprint density at radius 1 is 1.07 bits per heavy atom. The molecule has 0 radical (unpaired) electrons. The summed E-state index contributed by atoms with van der Waals surface area (Å²) in [6.07, 6.45) is -0.688. The standard InChI is InChI=1S/C20H18N4O3S/c25-16-11-15(17-12-26-18(16)27-17)24-20(28)23(14-9-5-2-6-10-14)19(22-24)21-13-7-3-1-4-8-13/h1-10,15,17-18H,11-12H2,(H,21,22). The van der Waals surface area contributed by atoms with Crippen molar-refractivity contribution in [1.82, 2.24) is 14.3 Å². The van der Waals surface area contributed by atoms with Crippen LogP contribution in [0.1, 0.15) is 12.5 Å². The molecule has 3 aromatic rings. The minimum absolute atomic E-state index is 0.0764. The van der Waals surface area contributed by atoms with Crippen LogP contribution in [-0.4, -0.2) is 39.1 Å². The first kappa shape index (κ1) is 17.3. The van der Waals surface area contributed by atoms with Crippen molar-refractivity contribution in [1.29, 1.82) is 0 Å². The first-order valence-corrected chi connectivity index (χ1v) is 9.50. The number of rotatable bonds is 4. The fraction of sp³-hybridized carbons (Fsp3) is 0.250. The number of para-hydroxylation sites is 2. The van der Waals surface area contributed by atoms with Gasteiger partial charge in [-0.2, -0.15) is 0 Å². The highest BCUT2D eigenvalue weighted by molar-refractivity contribution is 7.71.